The largest absolute Gasteiger partial charge is 0.478 e. The molecule has 2 aromatic rings. The van der Waals surface area contributed by atoms with Crippen molar-refractivity contribution in [2.24, 2.45) is 0 Å². The summed E-state index contributed by atoms with van der Waals surface area (Å²) in [4.78, 5) is 22.8. The standard InChI is InChI=1S/C16H16F3N3O3/c1-2-3-7-13(23)21-10-5-4-6-11(8-10)22-14(16(17,18)19)12(9-20-22)15(24)25/h4-6,8-9H,2-3,7H2,1H3,(H,21,23)(H,24,25). The molecule has 2 rings (SSSR count). The van der Waals surface area contributed by atoms with Crippen molar-refractivity contribution in [1.29, 1.82) is 0 Å². The number of anilines is 1. The van der Waals surface area contributed by atoms with Gasteiger partial charge < -0.3 is 10.4 Å². The summed E-state index contributed by atoms with van der Waals surface area (Å²) in [5, 5.41) is 15.1. The summed E-state index contributed by atoms with van der Waals surface area (Å²) in [6.45, 7) is 1.93. The van der Waals surface area contributed by atoms with Crippen LogP contribution in [0.1, 0.15) is 42.2 Å². The molecule has 0 aliphatic heterocycles. The summed E-state index contributed by atoms with van der Waals surface area (Å²) in [5.74, 6) is -1.97. The zero-order chi connectivity index (χ0) is 18.6. The van der Waals surface area contributed by atoms with Gasteiger partial charge in [0.15, 0.2) is 5.69 Å². The number of unbranched alkanes of at least 4 members (excludes halogenated alkanes) is 1. The molecule has 25 heavy (non-hydrogen) atoms. The molecule has 0 saturated heterocycles. The molecule has 0 unspecified atom stereocenters. The van der Waals surface area contributed by atoms with Gasteiger partial charge in [0.25, 0.3) is 0 Å². The number of hydrogen-bond donors (Lipinski definition) is 2. The monoisotopic (exact) mass is 355 g/mol. The van der Waals surface area contributed by atoms with Gasteiger partial charge in [0.2, 0.25) is 5.91 Å². The minimum Gasteiger partial charge on any atom is -0.478 e. The molecule has 1 amide bonds. The lowest BCUT2D eigenvalue weighted by Gasteiger charge is -2.13. The minimum absolute atomic E-state index is 0.00637. The van der Waals surface area contributed by atoms with E-state index in [0.29, 0.717) is 29.4 Å². The Kier molecular flexibility index (Phi) is 5.45. The van der Waals surface area contributed by atoms with Gasteiger partial charge in [0, 0.05) is 12.1 Å². The van der Waals surface area contributed by atoms with Crippen LogP contribution in [0, 0.1) is 0 Å². The molecule has 0 spiro atoms. The quantitative estimate of drug-likeness (QED) is 0.827. The van der Waals surface area contributed by atoms with Gasteiger partial charge >= 0.3 is 12.1 Å². The lowest BCUT2D eigenvalue weighted by Crippen LogP contribution is -2.17. The second-order valence-corrected chi connectivity index (χ2v) is 5.32. The van der Waals surface area contributed by atoms with Crippen LogP contribution in [0.2, 0.25) is 0 Å². The number of rotatable bonds is 6. The number of aromatic nitrogens is 2. The van der Waals surface area contributed by atoms with E-state index in [1.165, 1.54) is 24.3 Å². The lowest BCUT2D eigenvalue weighted by atomic mass is 10.2. The molecular weight excluding hydrogens is 339 g/mol. The number of nitrogens with zero attached hydrogens (tertiary/aromatic N) is 2. The second kappa shape index (κ2) is 7.37. The van der Waals surface area contributed by atoms with Gasteiger partial charge in [-0.2, -0.15) is 18.3 Å². The summed E-state index contributed by atoms with van der Waals surface area (Å²) in [5.41, 5.74) is -2.02. The molecule has 0 saturated carbocycles. The molecule has 6 nitrogen and oxygen atoms in total. The van der Waals surface area contributed by atoms with Gasteiger partial charge in [-0.25, -0.2) is 9.48 Å². The SMILES string of the molecule is CCCCC(=O)Nc1cccc(-n2ncc(C(=O)O)c2C(F)(F)F)c1. The number of carbonyl (C=O) groups is 2. The third-order valence-corrected chi connectivity index (χ3v) is 3.40. The maximum atomic E-state index is 13.2. The molecule has 9 heteroatoms. The van der Waals surface area contributed by atoms with Crippen LogP contribution in [0.3, 0.4) is 0 Å². The van der Waals surface area contributed by atoms with E-state index in [0.717, 1.165) is 6.42 Å². The number of aromatic carboxylic acids is 1. The molecule has 0 bridgehead atoms. The number of alkyl halides is 3. The molecule has 1 heterocycles. The number of carboxylic acids is 1. The minimum atomic E-state index is -4.90. The number of hydrogen-bond acceptors (Lipinski definition) is 3. The highest BCUT2D eigenvalue weighted by atomic mass is 19.4. The summed E-state index contributed by atoms with van der Waals surface area (Å²) >= 11 is 0. The van der Waals surface area contributed by atoms with Crippen LogP contribution in [-0.2, 0) is 11.0 Å². The Bertz CT molecular complexity index is 784. The van der Waals surface area contributed by atoms with Crippen molar-refractivity contribution in [1.82, 2.24) is 9.78 Å². The average Bonchev–Trinajstić information content (AvgIpc) is 2.98. The summed E-state index contributed by atoms with van der Waals surface area (Å²) in [6, 6.07) is 5.63. The van der Waals surface area contributed by atoms with E-state index in [2.05, 4.69) is 10.4 Å². The lowest BCUT2D eigenvalue weighted by molar-refractivity contribution is -0.143. The summed E-state index contributed by atoms with van der Waals surface area (Å²) < 4.78 is 40.2. The Labute approximate surface area is 141 Å². The highest BCUT2D eigenvalue weighted by molar-refractivity contribution is 5.91. The fraction of sp³-hybridized carbons (Fsp3) is 0.312. The van der Waals surface area contributed by atoms with Crippen molar-refractivity contribution >= 4 is 17.6 Å². The number of benzene rings is 1. The zero-order valence-electron chi connectivity index (χ0n) is 13.3. The highest BCUT2D eigenvalue weighted by Crippen LogP contribution is 2.34. The predicted molar refractivity (Wildman–Crippen MR) is 83.7 cm³/mol. The molecule has 1 aromatic heterocycles. The predicted octanol–water partition coefficient (Wildman–Crippen LogP) is 3.72. The van der Waals surface area contributed by atoms with E-state index in [4.69, 9.17) is 5.11 Å². The fourth-order valence-corrected chi connectivity index (χ4v) is 2.25. The van der Waals surface area contributed by atoms with Gasteiger partial charge in [-0.15, -0.1) is 0 Å². The maximum absolute atomic E-state index is 13.2. The normalized spacial score (nSPS) is 11.4. The molecule has 0 aliphatic carbocycles. The van der Waals surface area contributed by atoms with Gasteiger partial charge in [-0.1, -0.05) is 19.4 Å². The van der Waals surface area contributed by atoms with Crippen LogP contribution in [0.5, 0.6) is 0 Å². The summed E-state index contributed by atoms with van der Waals surface area (Å²) in [6.07, 6.45) is -2.40. The van der Waals surface area contributed by atoms with Gasteiger partial charge in [0.05, 0.1) is 11.9 Å². The number of carboxylic acid groups (broad SMARTS) is 1. The summed E-state index contributed by atoms with van der Waals surface area (Å²) in [7, 11) is 0. The first-order chi connectivity index (χ1) is 11.7. The van der Waals surface area contributed by atoms with E-state index < -0.39 is 23.4 Å². The number of carbonyl (C=O) groups excluding carboxylic acids is 1. The van der Waals surface area contributed by atoms with E-state index in [1.54, 1.807) is 0 Å². The Hall–Kier alpha value is -2.84. The van der Waals surface area contributed by atoms with Crippen LogP contribution in [0.15, 0.2) is 30.5 Å². The third kappa shape index (κ3) is 4.37. The van der Waals surface area contributed by atoms with Crippen LogP contribution >= 0.6 is 0 Å². The smallest absolute Gasteiger partial charge is 0.434 e. The molecule has 0 fully saturated rings. The first-order valence-electron chi connectivity index (χ1n) is 7.52. The first kappa shape index (κ1) is 18.5. The molecule has 0 radical (unpaired) electrons. The third-order valence-electron chi connectivity index (χ3n) is 3.40. The Balaban J connectivity index is 2.38. The first-order valence-corrected chi connectivity index (χ1v) is 7.52. The topological polar surface area (TPSA) is 84.2 Å². The van der Waals surface area contributed by atoms with Crippen molar-refractivity contribution in [2.45, 2.75) is 32.4 Å². The van der Waals surface area contributed by atoms with Crippen molar-refractivity contribution < 1.29 is 27.9 Å². The highest BCUT2D eigenvalue weighted by Gasteiger charge is 2.40. The van der Waals surface area contributed by atoms with Crippen LogP contribution in [0.25, 0.3) is 5.69 Å². The van der Waals surface area contributed by atoms with Crippen molar-refractivity contribution in [3.8, 4) is 5.69 Å². The Morgan fingerprint density at radius 2 is 2.04 bits per heavy atom. The van der Waals surface area contributed by atoms with Gasteiger partial charge in [-0.05, 0) is 24.6 Å². The fourth-order valence-electron chi connectivity index (χ4n) is 2.25. The van der Waals surface area contributed by atoms with Crippen molar-refractivity contribution in [3.05, 3.63) is 41.7 Å². The number of nitrogens with one attached hydrogen (secondary N) is 1. The molecule has 0 atom stereocenters. The van der Waals surface area contributed by atoms with E-state index in [1.807, 2.05) is 6.92 Å². The molecule has 0 aliphatic rings. The van der Waals surface area contributed by atoms with Crippen molar-refractivity contribution in [3.63, 3.8) is 0 Å². The van der Waals surface area contributed by atoms with E-state index in [9.17, 15) is 22.8 Å². The molecule has 1 aromatic carbocycles. The number of amides is 1. The number of halogens is 3. The van der Waals surface area contributed by atoms with Crippen LogP contribution in [-0.4, -0.2) is 26.8 Å². The maximum Gasteiger partial charge on any atom is 0.434 e. The Morgan fingerprint density at radius 1 is 1.32 bits per heavy atom. The van der Waals surface area contributed by atoms with E-state index in [-0.39, 0.29) is 11.6 Å². The molecular formula is C16H16F3N3O3. The van der Waals surface area contributed by atoms with Crippen LogP contribution in [0.4, 0.5) is 18.9 Å². The van der Waals surface area contributed by atoms with Gasteiger partial charge in [-0.3, -0.25) is 4.79 Å². The van der Waals surface area contributed by atoms with Gasteiger partial charge in [0.1, 0.15) is 5.56 Å². The zero-order valence-corrected chi connectivity index (χ0v) is 13.3. The average molecular weight is 355 g/mol. The molecule has 134 valence electrons. The Morgan fingerprint density at radius 3 is 2.64 bits per heavy atom. The van der Waals surface area contributed by atoms with Crippen molar-refractivity contribution in [2.75, 3.05) is 5.32 Å². The second-order valence-electron chi connectivity index (χ2n) is 5.32. The van der Waals surface area contributed by atoms with E-state index >= 15 is 0 Å². The van der Waals surface area contributed by atoms with Crippen LogP contribution < -0.4 is 5.32 Å². The molecule has 2 N–H and O–H groups in total.